The van der Waals surface area contributed by atoms with Crippen molar-refractivity contribution in [2.45, 2.75) is 58.0 Å². The fourth-order valence-electron chi connectivity index (χ4n) is 5.19. The third-order valence-corrected chi connectivity index (χ3v) is 6.05. The van der Waals surface area contributed by atoms with E-state index in [0.29, 0.717) is 40.6 Å². The maximum atomic E-state index is 9.67. The molecule has 4 heterocycles. The SMILES string of the molecule is CC1(C)CC(CC(=N)/C=C\C(=N)c2ncc(-c3ccc4nccn4n3)cc2C#N)CC(C)(C)N1. The molecule has 1 fully saturated rings. The van der Waals surface area contributed by atoms with Crippen molar-refractivity contribution >= 4 is 17.1 Å². The molecule has 0 radical (unpaired) electrons. The van der Waals surface area contributed by atoms with Gasteiger partial charge in [-0.25, -0.2) is 9.50 Å². The van der Waals surface area contributed by atoms with E-state index in [0.717, 1.165) is 18.5 Å². The fourth-order valence-corrected chi connectivity index (χ4v) is 5.19. The average molecular weight is 455 g/mol. The molecule has 0 spiro atoms. The highest BCUT2D eigenvalue weighted by Crippen LogP contribution is 2.34. The number of imidazole rings is 1. The lowest BCUT2D eigenvalue weighted by molar-refractivity contribution is 0.132. The molecule has 0 aliphatic carbocycles. The lowest BCUT2D eigenvalue weighted by Crippen LogP contribution is -2.57. The third-order valence-electron chi connectivity index (χ3n) is 6.05. The number of nitrogens with zero attached hydrogens (tertiary/aromatic N) is 5. The average Bonchev–Trinajstić information content (AvgIpc) is 3.22. The molecular weight excluding hydrogens is 424 g/mol. The second-order valence-electron chi connectivity index (χ2n) is 10.3. The van der Waals surface area contributed by atoms with E-state index in [1.165, 1.54) is 0 Å². The van der Waals surface area contributed by atoms with Crippen molar-refractivity contribution in [2.24, 2.45) is 5.92 Å². The summed E-state index contributed by atoms with van der Waals surface area (Å²) in [6.07, 6.45) is 11.0. The third kappa shape index (κ3) is 5.26. The number of allylic oxidation sites excluding steroid dienone is 2. The van der Waals surface area contributed by atoms with Crippen molar-refractivity contribution in [3.63, 3.8) is 0 Å². The van der Waals surface area contributed by atoms with E-state index in [4.69, 9.17) is 10.8 Å². The van der Waals surface area contributed by atoms with Crippen LogP contribution in [0.1, 0.15) is 58.2 Å². The minimum absolute atomic E-state index is 0.0354. The standard InChI is InChI=1S/C26H30N8/c1-25(2)13-17(14-26(3,4)33-25)11-20(28)5-6-21(29)24-18(15-27)12-19(16-31-24)22-7-8-23-30-9-10-34(23)32-22/h5-10,12,16-17,28-29,33H,11,13-14H2,1-4H3/b6-5-,28-20?,29-21?. The van der Waals surface area contributed by atoms with Crippen LogP contribution in [0.15, 0.2) is 48.9 Å². The van der Waals surface area contributed by atoms with E-state index in [1.54, 1.807) is 41.3 Å². The summed E-state index contributed by atoms with van der Waals surface area (Å²) in [5, 5.41) is 34.7. The van der Waals surface area contributed by atoms with Crippen LogP contribution in [0.25, 0.3) is 16.9 Å². The first-order valence-corrected chi connectivity index (χ1v) is 11.4. The van der Waals surface area contributed by atoms with Crippen LogP contribution in [-0.4, -0.2) is 42.1 Å². The highest BCUT2D eigenvalue weighted by atomic mass is 15.2. The lowest BCUT2D eigenvalue weighted by Gasteiger charge is -2.46. The predicted molar refractivity (Wildman–Crippen MR) is 133 cm³/mol. The highest BCUT2D eigenvalue weighted by Gasteiger charge is 2.37. The van der Waals surface area contributed by atoms with Crippen LogP contribution in [0.2, 0.25) is 0 Å². The van der Waals surface area contributed by atoms with Crippen molar-refractivity contribution in [2.75, 3.05) is 0 Å². The van der Waals surface area contributed by atoms with E-state index in [-0.39, 0.29) is 16.8 Å². The van der Waals surface area contributed by atoms with Crippen LogP contribution in [0.5, 0.6) is 0 Å². The molecule has 4 rings (SSSR count). The quantitative estimate of drug-likeness (QED) is 0.471. The van der Waals surface area contributed by atoms with E-state index in [9.17, 15) is 5.26 Å². The van der Waals surface area contributed by atoms with Gasteiger partial charge in [0.1, 0.15) is 11.8 Å². The Morgan fingerprint density at radius 1 is 1.18 bits per heavy atom. The number of hydrogen-bond donors (Lipinski definition) is 3. The van der Waals surface area contributed by atoms with Gasteiger partial charge in [-0.2, -0.15) is 10.4 Å². The van der Waals surface area contributed by atoms with Crippen molar-refractivity contribution in [3.05, 3.63) is 60.2 Å². The van der Waals surface area contributed by atoms with Crippen molar-refractivity contribution in [1.82, 2.24) is 24.9 Å². The summed E-state index contributed by atoms with van der Waals surface area (Å²) in [5.74, 6) is 0.407. The Labute approximate surface area is 199 Å². The zero-order valence-electron chi connectivity index (χ0n) is 20.1. The van der Waals surface area contributed by atoms with Crippen molar-refractivity contribution in [3.8, 4) is 17.3 Å². The molecule has 1 aliphatic rings. The first kappa shape index (κ1) is 23.5. The van der Waals surface area contributed by atoms with Crippen molar-refractivity contribution in [1.29, 1.82) is 16.1 Å². The number of fused-ring (bicyclic) bond motifs is 1. The predicted octanol–water partition coefficient (Wildman–Crippen LogP) is 4.55. The van der Waals surface area contributed by atoms with Gasteiger partial charge >= 0.3 is 0 Å². The molecule has 1 aliphatic heterocycles. The Kier molecular flexibility index (Phi) is 6.15. The molecule has 34 heavy (non-hydrogen) atoms. The number of nitrogens with one attached hydrogen (secondary N) is 3. The van der Waals surface area contributed by atoms with Crippen LogP contribution in [-0.2, 0) is 0 Å². The molecule has 0 bridgehead atoms. The highest BCUT2D eigenvalue weighted by molar-refractivity contribution is 6.10. The topological polar surface area (TPSA) is 127 Å². The number of pyridine rings is 1. The second kappa shape index (κ2) is 8.92. The molecule has 1 saturated heterocycles. The molecule has 0 saturated carbocycles. The van der Waals surface area contributed by atoms with Crippen molar-refractivity contribution < 1.29 is 0 Å². The molecule has 174 valence electrons. The number of hydrogen-bond acceptors (Lipinski definition) is 7. The molecule has 0 unspecified atom stereocenters. The maximum absolute atomic E-state index is 9.67. The molecule has 0 atom stereocenters. The number of nitriles is 1. The Morgan fingerprint density at radius 2 is 1.91 bits per heavy atom. The van der Waals surface area contributed by atoms with E-state index >= 15 is 0 Å². The molecular formula is C26H30N8. The summed E-state index contributed by atoms with van der Waals surface area (Å²) in [5.41, 5.74) is 3.35. The van der Waals surface area contributed by atoms with Crippen LogP contribution >= 0.6 is 0 Å². The van der Waals surface area contributed by atoms with Gasteiger partial charge < -0.3 is 10.7 Å². The monoisotopic (exact) mass is 454 g/mol. The molecule has 3 aromatic heterocycles. The van der Waals surface area contributed by atoms with Gasteiger partial charge in [0.2, 0.25) is 0 Å². The Bertz CT molecular complexity index is 1310. The molecule has 8 nitrogen and oxygen atoms in total. The zero-order chi connectivity index (χ0) is 24.5. The van der Waals surface area contributed by atoms with Gasteiger partial charge in [0.25, 0.3) is 0 Å². The molecule has 0 amide bonds. The summed E-state index contributed by atoms with van der Waals surface area (Å²) in [4.78, 5) is 8.57. The number of rotatable bonds is 6. The first-order chi connectivity index (χ1) is 16.0. The van der Waals surface area contributed by atoms with E-state index in [2.05, 4.69) is 54.1 Å². The first-order valence-electron chi connectivity index (χ1n) is 11.4. The van der Waals surface area contributed by atoms with E-state index < -0.39 is 0 Å². The molecule has 3 aromatic rings. The van der Waals surface area contributed by atoms with Crippen LogP contribution in [0.3, 0.4) is 0 Å². The Morgan fingerprint density at radius 3 is 2.62 bits per heavy atom. The van der Waals surface area contributed by atoms with Crippen LogP contribution < -0.4 is 5.32 Å². The van der Waals surface area contributed by atoms with Gasteiger partial charge in [-0.05, 0) is 83.2 Å². The minimum Gasteiger partial charge on any atom is -0.307 e. The van der Waals surface area contributed by atoms with Gasteiger partial charge in [0.15, 0.2) is 5.65 Å². The Hall–Kier alpha value is -3.70. The smallest absolute Gasteiger partial charge is 0.153 e. The number of aromatic nitrogens is 4. The lowest BCUT2D eigenvalue weighted by atomic mass is 9.74. The summed E-state index contributed by atoms with van der Waals surface area (Å²) in [6.45, 7) is 8.82. The van der Waals surface area contributed by atoms with Gasteiger partial charge in [-0.15, -0.1) is 0 Å². The minimum atomic E-state index is 0.0354. The molecule has 0 aromatic carbocycles. The fraction of sp³-hybridized carbons (Fsp3) is 0.385. The number of piperidine rings is 1. The second-order valence-corrected chi connectivity index (χ2v) is 10.3. The summed E-state index contributed by atoms with van der Waals surface area (Å²) in [6, 6.07) is 7.52. The van der Waals surface area contributed by atoms with Crippen LogP contribution in [0, 0.1) is 28.1 Å². The zero-order valence-corrected chi connectivity index (χ0v) is 20.1. The summed E-state index contributed by atoms with van der Waals surface area (Å²) < 4.78 is 1.66. The molecule has 8 heteroatoms. The van der Waals surface area contributed by atoms with Gasteiger partial charge in [0.05, 0.1) is 17.0 Å². The van der Waals surface area contributed by atoms with Gasteiger partial charge in [0, 0.05) is 40.9 Å². The van der Waals surface area contributed by atoms with E-state index in [1.807, 2.05) is 12.1 Å². The largest absolute Gasteiger partial charge is 0.307 e. The molecule has 3 N–H and O–H groups in total. The maximum Gasteiger partial charge on any atom is 0.153 e. The summed E-state index contributed by atoms with van der Waals surface area (Å²) >= 11 is 0. The van der Waals surface area contributed by atoms with Crippen LogP contribution in [0.4, 0.5) is 0 Å². The van der Waals surface area contributed by atoms with Gasteiger partial charge in [-0.3, -0.25) is 10.4 Å². The van der Waals surface area contributed by atoms with Gasteiger partial charge in [-0.1, -0.05) is 0 Å². The summed E-state index contributed by atoms with van der Waals surface area (Å²) in [7, 11) is 0. The Balaban J connectivity index is 1.47. The normalized spacial score (nSPS) is 17.6.